The van der Waals surface area contributed by atoms with Gasteiger partial charge in [-0.2, -0.15) is 8.78 Å². The van der Waals surface area contributed by atoms with Gasteiger partial charge in [0.05, 0.1) is 6.61 Å². The highest BCUT2D eigenvalue weighted by Crippen LogP contribution is 2.29. The van der Waals surface area contributed by atoms with E-state index in [0.717, 1.165) is 11.3 Å². The first-order valence-electron chi connectivity index (χ1n) is 7.84. The highest BCUT2D eigenvalue weighted by Gasteiger charge is 2.22. The highest BCUT2D eigenvalue weighted by atomic mass is 19.3. The van der Waals surface area contributed by atoms with Gasteiger partial charge in [-0.3, -0.25) is 4.79 Å². The second-order valence-electron chi connectivity index (χ2n) is 5.47. The summed E-state index contributed by atoms with van der Waals surface area (Å²) in [4.78, 5) is 12.3. The minimum absolute atomic E-state index is 0.0174. The monoisotopic (exact) mass is 354 g/mol. The van der Waals surface area contributed by atoms with Gasteiger partial charge < -0.3 is 19.3 Å². The molecule has 1 amide bonds. The molecule has 0 radical (unpaired) electrons. The molecule has 0 aliphatic heterocycles. The van der Waals surface area contributed by atoms with Crippen molar-refractivity contribution < 1.29 is 27.6 Å². The maximum Gasteiger partial charge on any atom is 0.388 e. The molecule has 1 heterocycles. The number of benzene rings is 1. The molecule has 0 fully saturated rings. The van der Waals surface area contributed by atoms with Gasteiger partial charge >= 0.3 is 6.61 Å². The van der Waals surface area contributed by atoms with Crippen LogP contribution in [0, 0.1) is 12.8 Å². The average molecular weight is 354 g/mol. The fourth-order valence-electron chi connectivity index (χ4n) is 2.24. The lowest BCUT2D eigenvalue weighted by atomic mass is 10.00. The molecule has 136 valence electrons. The van der Waals surface area contributed by atoms with Crippen LogP contribution in [0.1, 0.15) is 25.2 Å². The molecule has 0 bridgehead atoms. The van der Waals surface area contributed by atoms with E-state index in [-0.39, 0.29) is 17.4 Å². The van der Waals surface area contributed by atoms with Gasteiger partial charge in [-0.1, -0.05) is 19.1 Å². The Balaban J connectivity index is 1.99. The molecule has 25 heavy (non-hydrogen) atoms. The van der Waals surface area contributed by atoms with Crippen molar-refractivity contribution in [1.82, 2.24) is 5.16 Å². The van der Waals surface area contributed by atoms with Crippen LogP contribution in [0.4, 0.5) is 14.5 Å². The van der Waals surface area contributed by atoms with Crippen LogP contribution in [0.3, 0.4) is 0 Å². The molecule has 1 aromatic heterocycles. The summed E-state index contributed by atoms with van der Waals surface area (Å²) in [6.45, 7) is 2.67. The molecular weight excluding hydrogens is 334 g/mol. The predicted molar refractivity (Wildman–Crippen MR) is 87.0 cm³/mol. The Morgan fingerprint density at radius 2 is 2.00 bits per heavy atom. The molecule has 1 unspecified atom stereocenters. The summed E-state index contributed by atoms with van der Waals surface area (Å²) in [5.41, 5.74) is 0.973. The lowest BCUT2D eigenvalue weighted by Gasteiger charge is -2.13. The van der Waals surface area contributed by atoms with Gasteiger partial charge in [0.15, 0.2) is 5.76 Å². The van der Waals surface area contributed by atoms with E-state index in [9.17, 15) is 13.6 Å². The third-order valence-electron chi connectivity index (χ3n) is 3.50. The fourth-order valence-corrected chi connectivity index (χ4v) is 2.24. The van der Waals surface area contributed by atoms with E-state index in [4.69, 9.17) is 9.26 Å². The summed E-state index contributed by atoms with van der Waals surface area (Å²) in [5, 5.41) is 5.91. The van der Waals surface area contributed by atoms with Gasteiger partial charge in [0.2, 0.25) is 5.91 Å². The number of carbonyl (C=O) groups excluding carboxylic acids is 1. The number of nitrogens with one attached hydrogen (secondary N) is 1. The molecule has 2 rings (SSSR count). The Bertz CT molecular complexity index is 701. The smallest absolute Gasteiger partial charge is 0.388 e. The minimum Gasteiger partial charge on any atom is -0.494 e. The Labute approximate surface area is 144 Å². The third kappa shape index (κ3) is 5.17. The first kappa shape index (κ1) is 18.7. The number of aryl methyl sites for hydroxylation is 1. The summed E-state index contributed by atoms with van der Waals surface area (Å²) < 4.78 is 39.1. The van der Waals surface area contributed by atoms with Crippen LogP contribution in [0.2, 0.25) is 0 Å². The first-order valence-corrected chi connectivity index (χ1v) is 7.84. The number of ether oxygens (including phenoxy) is 2. The van der Waals surface area contributed by atoms with E-state index < -0.39 is 18.4 Å². The zero-order valence-corrected chi connectivity index (χ0v) is 14.2. The minimum atomic E-state index is -3.05. The topological polar surface area (TPSA) is 73.6 Å². The van der Waals surface area contributed by atoms with Crippen molar-refractivity contribution in [3.63, 3.8) is 0 Å². The number of rotatable bonds is 8. The number of halogens is 2. The molecule has 1 aromatic carbocycles. The van der Waals surface area contributed by atoms with E-state index in [0.29, 0.717) is 13.0 Å². The van der Waals surface area contributed by atoms with Crippen LogP contribution < -0.4 is 14.8 Å². The summed E-state index contributed by atoms with van der Waals surface area (Å²) in [6, 6.07) is 7.43. The first-order chi connectivity index (χ1) is 11.9. The van der Waals surface area contributed by atoms with Crippen molar-refractivity contribution in [3.05, 3.63) is 35.6 Å². The van der Waals surface area contributed by atoms with E-state index in [1.165, 1.54) is 6.92 Å². The molecule has 8 heteroatoms. The number of nitrogens with zero attached hydrogens (tertiary/aromatic N) is 1. The van der Waals surface area contributed by atoms with E-state index >= 15 is 0 Å². The quantitative estimate of drug-likeness (QED) is 0.780. The third-order valence-corrected chi connectivity index (χ3v) is 3.50. The zero-order chi connectivity index (χ0) is 18.4. The van der Waals surface area contributed by atoms with Gasteiger partial charge in [0, 0.05) is 5.92 Å². The van der Waals surface area contributed by atoms with Crippen LogP contribution in [0.25, 0.3) is 0 Å². The standard InChI is InChI=1S/C17H20F2N2O4/c1-4-23-13-7-5-12(6-8-13)9-10(2)15(22)20-14-11(3)25-21-16(14)24-17(18)19/h5-8,10,17H,4,9H2,1-3H3,(H,20,22). The Hall–Kier alpha value is -2.64. The van der Waals surface area contributed by atoms with Crippen LogP contribution in [-0.4, -0.2) is 24.3 Å². The molecule has 1 N–H and O–H groups in total. The maximum absolute atomic E-state index is 12.4. The van der Waals surface area contributed by atoms with Crippen molar-refractivity contribution >= 4 is 11.6 Å². The molecule has 1 atom stereocenters. The molecule has 0 saturated carbocycles. The Morgan fingerprint density at radius 1 is 1.32 bits per heavy atom. The van der Waals surface area contributed by atoms with E-state index in [2.05, 4.69) is 15.2 Å². The number of anilines is 1. The van der Waals surface area contributed by atoms with Crippen LogP contribution in [-0.2, 0) is 11.2 Å². The number of hydrogen-bond acceptors (Lipinski definition) is 5. The van der Waals surface area contributed by atoms with Crippen molar-refractivity contribution in [1.29, 1.82) is 0 Å². The van der Waals surface area contributed by atoms with E-state index in [1.54, 1.807) is 6.92 Å². The number of carbonyl (C=O) groups is 1. The van der Waals surface area contributed by atoms with Crippen molar-refractivity contribution in [2.45, 2.75) is 33.8 Å². The number of hydrogen-bond donors (Lipinski definition) is 1. The number of alkyl halides is 2. The van der Waals surface area contributed by atoms with Gasteiger partial charge in [-0.05, 0) is 43.1 Å². The molecular formula is C17H20F2N2O4. The average Bonchev–Trinajstić information content (AvgIpc) is 2.89. The van der Waals surface area contributed by atoms with Crippen molar-refractivity contribution in [3.8, 4) is 11.6 Å². The molecule has 0 aliphatic rings. The highest BCUT2D eigenvalue weighted by molar-refractivity contribution is 5.94. The van der Waals surface area contributed by atoms with Crippen molar-refractivity contribution in [2.75, 3.05) is 11.9 Å². The summed E-state index contributed by atoms with van der Waals surface area (Å²) in [7, 11) is 0. The molecule has 0 spiro atoms. The molecule has 2 aromatic rings. The fraction of sp³-hybridized carbons (Fsp3) is 0.412. The zero-order valence-electron chi connectivity index (χ0n) is 14.2. The second-order valence-corrected chi connectivity index (χ2v) is 5.47. The second kappa shape index (κ2) is 8.46. The lowest BCUT2D eigenvalue weighted by molar-refractivity contribution is -0.119. The summed E-state index contributed by atoms with van der Waals surface area (Å²) in [5.74, 6) is -0.227. The predicted octanol–water partition coefficient (Wildman–Crippen LogP) is 3.80. The number of aromatic nitrogens is 1. The maximum atomic E-state index is 12.4. The SMILES string of the molecule is CCOc1ccc(CC(C)C(=O)Nc2c(OC(F)F)noc2C)cc1. The summed E-state index contributed by atoms with van der Waals surface area (Å²) >= 11 is 0. The largest absolute Gasteiger partial charge is 0.494 e. The summed E-state index contributed by atoms with van der Waals surface area (Å²) in [6.07, 6.45) is 0.480. The Kier molecular flexibility index (Phi) is 6.32. The normalized spacial score (nSPS) is 12.1. The molecule has 0 aliphatic carbocycles. The Morgan fingerprint density at radius 3 is 2.60 bits per heavy atom. The number of amides is 1. The molecule has 0 saturated heterocycles. The van der Waals surface area contributed by atoms with Gasteiger partial charge in [0.25, 0.3) is 5.88 Å². The molecule has 6 nitrogen and oxygen atoms in total. The van der Waals surface area contributed by atoms with Gasteiger partial charge in [0.1, 0.15) is 11.4 Å². The van der Waals surface area contributed by atoms with Crippen LogP contribution in [0.5, 0.6) is 11.6 Å². The van der Waals surface area contributed by atoms with Crippen LogP contribution >= 0.6 is 0 Å². The van der Waals surface area contributed by atoms with E-state index in [1.807, 2.05) is 31.2 Å². The van der Waals surface area contributed by atoms with Gasteiger partial charge in [-0.25, -0.2) is 0 Å². The van der Waals surface area contributed by atoms with Crippen molar-refractivity contribution in [2.24, 2.45) is 5.92 Å². The van der Waals surface area contributed by atoms with Crippen LogP contribution in [0.15, 0.2) is 28.8 Å². The lowest BCUT2D eigenvalue weighted by Crippen LogP contribution is -2.22. The van der Waals surface area contributed by atoms with Gasteiger partial charge in [-0.15, -0.1) is 0 Å².